The zero-order valence-corrected chi connectivity index (χ0v) is 11.1. The third-order valence-electron chi connectivity index (χ3n) is 3.29. The molecule has 1 aliphatic rings. The van der Waals surface area contributed by atoms with Crippen LogP contribution in [0.3, 0.4) is 0 Å². The van der Waals surface area contributed by atoms with Gasteiger partial charge in [0.05, 0.1) is 11.7 Å². The molecule has 0 bridgehead atoms. The summed E-state index contributed by atoms with van der Waals surface area (Å²) in [5.41, 5.74) is 1.03. The third-order valence-corrected chi connectivity index (χ3v) is 3.29. The van der Waals surface area contributed by atoms with Gasteiger partial charge in [-0.1, -0.05) is 25.2 Å². The molecule has 0 aromatic heterocycles. The second-order valence-corrected chi connectivity index (χ2v) is 4.83. The highest BCUT2D eigenvalue weighted by Crippen LogP contribution is 2.36. The molecule has 1 saturated carbocycles. The Labute approximate surface area is 109 Å². The van der Waals surface area contributed by atoms with E-state index in [2.05, 4.69) is 6.92 Å². The summed E-state index contributed by atoms with van der Waals surface area (Å²) in [4.78, 5) is 11.0. The maximum absolute atomic E-state index is 11.0. The minimum atomic E-state index is -0.703. The summed E-state index contributed by atoms with van der Waals surface area (Å²) in [6, 6.07) is 0. The van der Waals surface area contributed by atoms with Crippen molar-refractivity contribution >= 4 is 5.97 Å². The van der Waals surface area contributed by atoms with E-state index in [0.717, 1.165) is 24.8 Å². The monoisotopic (exact) mass is 250 g/mol. The highest BCUT2D eigenvalue weighted by atomic mass is 16.4. The Balaban J connectivity index is 2.79. The van der Waals surface area contributed by atoms with Gasteiger partial charge in [0.25, 0.3) is 0 Å². The van der Waals surface area contributed by atoms with Gasteiger partial charge in [-0.15, -0.1) is 0 Å². The number of hydrogen-bond donors (Lipinski definition) is 2. The van der Waals surface area contributed by atoms with Crippen LogP contribution in [0.4, 0.5) is 0 Å². The molecule has 2 N–H and O–H groups in total. The lowest BCUT2D eigenvalue weighted by atomic mass is 9.95. The van der Waals surface area contributed by atoms with Gasteiger partial charge in [0, 0.05) is 0 Å². The molecule has 2 atom stereocenters. The molecular weight excluding hydrogens is 228 g/mol. The second kappa shape index (κ2) is 7.04. The Bertz CT molecular complexity index is 373. The van der Waals surface area contributed by atoms with E-state index in [1.807, 2.05) is 18.2 Å². The van der Waals surface area contributed by atoms with Crippen molar-refractivity contribution in [3.05, 3.63) is 35.6 Å². The molecule has 0 aliphatic heterocycles. The van der Waals surface area contributed by atoms with E-state index in [-0.39, 0.29) is 17.6 Å². The Morgan fingerprint density at radius 3 is 2.44 bits per heavy atom. The highest BCUT2D eigenvalue weighted by molar-refractivity contribution is 5.70. The van der Waals surface area contributed by atoms with E-state index in [9.17, 15) is 9.90 Å². The molecule has 0 saturated heterocycles. The van der Waals surface area contributed by atoms with Gasteiger partial charge in [-0.2, -0.15) is 0 Å². The molecular formula is C15H22O3. The summed E-state index contributed by atoms with van der Waals surface area (Å²) in [6.45, 7) is 3.70. The van der Waals surface area contributed by atoms with Crippen molar-refractivity contribution in [2.45, 2.75) is 39.5 Å². The van der Waals surface area contributed by atoms with Crippen LogP contribution in [0.2, 0.25) is 0 Å². The fourth-order valence-corrected chi connectivity index (χ4v) is 2.37. The molecule has 1 fully saturated rings. The molecule has 0 spiro atoms. The summed E-state index contributed by atoms with van der Waals surface area (Å²) >= 11 is 0. The quantitative estimate of drug-likeness (QED) is 0.575. The number of hydrogen-bond acceptors (Lipinski definition) is 2. The average molecular weight is 250 g/mol. The molecule has 0 unspecified atom stereocenters. The summed E-state index contributed by atoms with van der Waals surface area (Å²) in [5, 5.41) is 18.4. The normalized spacial score (nSPS) is 25.9. The fraction of sp³-hybridized carbons (Fsp3) is 0.533. The molecule has 100 valence electrons. The maximum atomic E-state index is 11.0. The second-order valence-electron chi connectivity index (χ2n) is 4.83. The smallest absolute Gasteiger partial charge is 0.306 e. The lowest BCUT2D eigenvalue weighted by Gasteiger charge is -2.11. The lowest BCUT2D eigenvalue weighted by Crippen LogP contribution is -2.10. The van der Waals surface area contributed by atoms with Crippen molar-refractivity contribution in [3.8, 4) is 0 Å². The number of allylic oxidation sites excluding steroid dienone is 6. The summed E-state index contributed by atoms with van der Waals surface area (Å²) in [6.07, 6.45) is 11.0. The van der Waals surface area contributed by atoms with Crippen molar-refractivity contribution < 1.29 is 15.0 Å². The van der Waals surface area contributed by atoms with E-state index < -0.39 is 5.97 Å². The van der Waals surface area contributed by atoms with Crippen LogP contribution in [0.1, 0.15) is 39.5 Å². The first-order chi connectivity index (χ1) is 8.54. The van der Waals surface area contributed by atoms with Crippen molar-refractivity contribution in [2.75, 3.05) is 0 Å². The fourth-order valence-electron chi connectivity index (χ4n) is 2.37. The Morgan fingerprint density at radius 2 is 1.94 bits per heavy atom. The van der Waals surface area contributed by atoms with Crippen molar-refractivity contribution in [1.82, 2.24) is 0 Å². The van der Waals surface area contributed by atoms with Crippen LogP contribution in [-0.2, 0) is 4.79 Å². The van der Waals surface area contributed by atoms with Crippen LogP contribution in [0.5, 0.6) is 0 Å². The molecule has 3 heteroatoms. The van der Waals surface area contributed by atoms with Crippen LogP contribution in [0, 0.1) is 11.8 Å². The molecule has 0 aromatic carbocycles. The van der Waals surface area contributed by atoms with Crippen LogP contribution >= 0.6 is 0 Å². The molecule has 18 heavy (non-hydrogen) atoms. The SMILES string of the molecule is CC/C=C/C=C(\C=C(/C)O)[C@@H]1CC[C@@H](C(=O)O)C1. The molecule has 0 aromatic rings. The van der Waals surface area contributed by atoms with E-state index in [0.29, 0.717) is 6.42 Å². The summed E-state index contributed by atoms with van der Waals surface area (Å²) in [7, 11) is 0. The van der Waals surface area contributed by atoms with E-state index in [1.165, 1.54) is 0 Å². The van der Waals surface area contributed by atoms with Gasteiger partial charge in [-0.25, -0.2) is 0 Å². The van der Waals surface area contributed by atoms with Gasteiger partial charge in [0.15, 0.2) is 0 Å². The maximum Gasteiger partial charge on any atom is 0.306 e. The largest absolute Gasteiger partial charge is 0.513 e. The van der Waals surface area contributed by atoms with Gasteiger partial charge in [0.1, 0.15) is 0 Å². The number of carboxylic acid groups (broad SMARTS) is 1. The minimum absolute atomic E-state index is 0.235. The summed E-state index contributed by atoms with van der Waals surface area (Å²) in [5.74, 6) is -0.425. The zero-order chi connectivity index (χ0) is 13.5. The van der Waals surface area contributed by atoms with Crippen molar-refractivity contribution in [3.63, 3.8) is 0 Å². The molecule has 0 heterocycles. The number of aliphatic hydroxyl groups is 1. The topological polar surface area (TPSA) is 57.5 Å². The first-order valence-corrected chi connectivity index (χ1v) is 6.51. The van der Waals surface area contributed by atoms with E-state index in [1.54, 1.807) is 13.0 Å². The Morgan fingerprint density at radius 1 is 1.28 bits per heavy atom. The molecule has 1 rings (SSSR count). The van der Waals surface area contributed by atoms with E-state index >= 15 is 0 Å². The van der Waals surface area contributed by atoms with E-state index in [4.69, 9.17) is 5.11 Å². The molecule has 0 amide bonds. The average Bonchev–Trinajstić information content (AvgIpc) is 2.76. The number of carbonyl (C=O) groups is 1. The van der Waals surface area contributed by atoms with Gasteiger partial charge in [-0.3, -0.25) is 4.79 Å². The molecule has 3 nitrogen and oxygen atoms in total. The first-order valence-electron chi connectivity index (χ1n) is 6.51. The van der Waals surface area contributed by atoms with Gasteiger partial charge >= 0.3 is 5.97 Å². The number of aliphatic hydroxyl groups excluding tert-OH is 1. The van der Waals surface area contributed by atoms with Gasteiger partial charge < -0.3 is 10.2 Å². The molecule has 0 radical (unpaired) electrons. The zero-order valence-electron chi connectivity index (χ0n) is 11.1. The number of aliphatic carboxylic acids is 1. The molecule has 1 aliphatic carbocycles. The predicted octanol–water partition coefficient (Wildman–Crippen LogP) is 3.84. The van der Waals surface area contributed by atoms with Crippen LogP contribution in [-0.4, -0.2) is 16.2 Å². The Hall–Kier alpha value is -1.51. The highest BCUT2D eigenvalue weighted by Gasteiger charge is 2.30. The predicted molar refractivity (Wildman–Crippen MR) is 72.4 cm³/mol. The lowest BCUT2D eigenvalue weighted by molar-refractivity contribution is -0.141. The first kappa shape index (κ1) is 14.6. The van der Waals surface area contributed by atoms with Crippen LogP contribution in [0.15, 0.2) is 35.6 Å². The van der Waals surface area contributed by atoms with Crippen LogP contribution < -0.4 is 0 Å². The van der Waals surface area contributed by atoms with Crippen molar-refractivity contribution in [1.29, 1.82) is 0 Å². The third kappa shape index (κ3) is 4.40. The summed E-state index contributed by atoms with van der Waals surface area (Å²) < 4.78 is 0. The van der Waals surface area contributed by atoms with Crippen molar-refractivity contribution in [2.24, 2.45) is 11.8 Å². The van der Waals surface area contributed by atoms with Gasteiger partial charge in [0.2, 0.25) is 0 Å². The van der Waals surface area contributed by atoms with Crippen LogP contribution in [0.25, 0.3) is 0 Å². The minimum Gasteiger partial charge on any atom is -0.513 e. The Kier molecular flexibility index (Phi) is 5.69. The number of carboxylic acids is 1. The van der Waals surface area contributed by atoms with Gasteiger partial charge in [-0.05, 0) is 50.2 Å². The number of rotatable bonds is 5. The standard InChI is InChI=1S/C15H22O3/c1-3-4-5-6-12(9-11(2)16)13-7-8-14(10-13)15(17)18/h4-6,9,13-14,16H,3,7-8,10H2,1-2H3,(H,17,18)/b5-4+,11-9+,12-6+/t13-,14-/m1/s1.